The number of phenols is 1. The van der Waals surface area contributed by atoms with Crippen LogP contribution in [0, 0.1) is 52.3 Å². The van der Waals surface area contributed by atoms with Crippen molar-refractivity contribution >= 4 is 12.0 Å². The van der Waals surface area contributed by atoms with Gasteiger partial charge in [-0.15, -0.1) is 0 Å². The van der Waals surface area contributed by atoms with Gasteiger partial charge in [0, 0.05) is 12.5 Å². The van der Waals surface area contributed by atoms with Gasteiger partial charge in [-0.1, -0.05) is 72.1 Å². The molecule has 1 N–H and O–H groups in total. The van der Waals surface area contributed by atoms with Gasteiger partial charge in [0.25, 0.3) is 0 Å². The van der Waals surface area contributed by atoms with E-state index in [0.29, 0.717) is 11.2 Å². The Morgan fingerprint density at radius 1 is 1.05 bits per heavy atom. The van der Waals surface area contributed by atoms with E-state index in [1.54, 1.807) is 29.8 Å². The van der Waals surface area contributed by atoms with Gasteiger partial charge in [0.15, 0.2) is 11.5 Å². The number of carbonyl (C=O) groups is 1. The molecule has 0 amide bonds. The number of hydrogen-bond acceptors (Lipinski definition) is 4. The van der Waals surface area contributed by atoms with Crippen molar-refractivity contribution in [2.45, 2.75) is 112 Å². The van der Waals surface area contributed by atoms with Gasteiger partial charge in [-0.3, -0.25) is 0 Å². The molecule has 4 aliphatic rings. The molecule has 1 aromatic carbocycles. The molecule has 4 nitrogen and oxygen atoms in total. The minimum absolute atomic E-state index is 0.0498. The SMILES string of the molecule is COc1cc(/C=C/C(=O)O[C@H]2CC[C@@]3(C)C(=CC[C@H]4[C@H]5CC[C@H]([C@@H](C)CC[C@@H](C)C(C)C)[C@@]5(C)CC[C@@H]43)C2)ccc1O. The fraction of sp³-hybridized carbons (Fsp3) is 0.711. The number of aromatic hydroxyl groups is 1. The van der Waals surface area contributed by atoms with Crippen LogP contribution in [0.15, 0.2) is 35.9 Å². The monoisotopic (exact) mass is 576 g/mol. The Kier molecular flexibility index (Phi) is 9.22. The zero-order chi connectivity index (χ0) is 30.2. The lowest BCUT2D eigenvalue weighted by molar-refractivity contribution is -0.145. The predicted octanol–water partition coefficient (Wildman–Crippen LogP) is 9.61. The van der Waals surface area contributed by atoms with Crippen LogP contribution in [0.1, 0.15) is 111 Å². The fourth-order valence-corrected chi connectivity index (χ4v) is 9.93. The molecule has 232 valence electrons. The summed E-state index contributed by atoms with van der Waals surface area (Å²) in [7, 11) is 1.52. The normalized spacial score (nSPS) is 35.6. The molecule has 4 heteroatoms. The second kappa shape index (κ2) is 12.4. The molecule has 42 heavy (non-hydrogen) atoms. The van der Waals surface area contributed by atoms with Crippen molar-refractivity contribution < 1.29 is 19.4 Å². The summed E-state index contributed by atoms with van der Waals surface area (Å²) in [6.45, 7) is 15.0. The number of carbonyl (C=O) groups excluding carboxylic acids is 1. The number of phenolic OH excluding ortho intramolecular Hbond substituents is 1. The second-order valence-electron chi connectivity index (χ2n) is 15.3. The molecule has 1 aromatic rings. The summed E-state index contributed by atoms with van der Waals surface area (Å²) >= 11 is 0. The third kappa shape index (κ3) is 5.93. The van der Waals surface area contributed by atoms with E-state index in [1.807, 2.05) is 0 Å². The Morgan fingerprint density at radius 3 is 2.57 bits per heavy atom. The van der Waals surface area contributed by atoms with Crippen LogP contribution in [-0.4, -0.2) is 24.3 Å². The maximum absolute atomic E-state index is 12.7. The van der Waals surface area contributed by atoms with E-state index in [0.717, 1.165) is 66.3 Å². The zero-order valence-electron chi connectivity index (χ0n) is 27.3. The molecule has 3 fully saturated rings. The molecule has 4 aliphatic carbocycles. The van der Waals surface area contributed by atoms with Crippen molar-refractivity contribution in [1.82, 2.24) is 0 Å². The maximum atomic E-state index is 12.7. The number of hydrogen-bond donors (Lipinski definition) is 1. The van der Waals surface area contributed by atoms with Crippen LogP contribution in [0.3, 0.4) is 0 Å². The standard InChI is InChI=1S/C38H56O4/c1-24(2)25(3)8-9-26(4)31-14-15-32-30-13-12-28-23-29(18-20-37(28,5)33(30)19-21-38(31,32)6)42-36(40)17-11-27-10-16-34(39)35(22-27)41-7/h10-12,16-17,22,24-26,29-33,39H,8-9,13-15,18-21,23H2,1-7H3/b17-11+/t25-,26+,29+,30+,31-,32-,33+,37+,38-/m1/s1. The van der Waals surface area contributed by atoms with Gasteiger partial charge in [-0.25, -0.2) is 4.79 Å². The molecule has 0 bridgehead atoms. The molecular weight excluding hydrogens is 520 g/mol. The van der Waals surface area contributed by atoms with Crippen LogP contribution in [0.25, 0.3) is 6.08 Å². The number of ether oxygens (including phenoxy) is 2. The smallest absolute Gasteiger partial charge is 0.331 e. The van der Waals surface area contributed by atoms with Crippen molar-refractivity contribution in [2.75, 3.05) is 7.11 Å². The predicted molar refractivity (Wildman–Crippen MR) is 171 cm³/mol. The van der Waals surface area contributed by atoms with Crippen molar-refractivity contribution in [3.63, 3.8) is 0 Å². The molecule has 0 radical (unpaired) electrons. The first-order valence-corrected chi connectivity index (χ1v) is 16.9. The summed E-state index contributed by atoms with van der Waals surface area (Å²) in [6.07, 6.45) is 18.3. The van der Waals surface area contributed by atoms with Gasteiger partial charge in [-0.2, -0.15) is 0 Å². The van der Waals surface area contributed by atoms with Gasteiger partial charge in [0.2, 0.25) is 0 Å². The number of allylic oxidation sites excluding steroid dienone is 1. The Morgan fingerprint density at radius 2 is 1.83 bits per heavy atom. The number of rotatable bonds is 9. The first-order chi connectivity index (χ1) is 20.0. The molecule has 0 saturated heterocycles. The van der Waals surface area contributed by atoms with Crippen LogP contribution < -0.4 is 4.74 Å². The first-order valence-electron chi connectivity index (χ1n) is 16.9. The average Bonchev–Trinajstić information content (AvgIpc) is 3.32. The number of methoxy groups -OCH3 is 1. The third-order valence-electron chi connectivity index (χ3n) is 12.9. The highest BCUT2D eigenvalue weighted by Crippen LogP contribution is 2.67. The molecule has 0 aliphatic heterocycles. The van der Waals surface area contributed by atoms with Crippen LogP contribution in [0.4, 0.5) is 0 Å². The molecule has 0 aromatic heterocycles. The summed E-state index contributed by atoms with van der Waals surface area (Å²) in [5.74, 6) is 5.94. The van der Waals surface area contributed by atoms with E-state index < -0.39 is 0 Å². The maximum Gasteiger partial charge on any atom is 0.331 e. The number of esters is 1. The van der Waals surface area contributed by atoms with Crippen LogP contribution in [-0.2, 0) is 9.53 Å². The topological polar surface area (TPSA) is 55.8 Å². The van der Waals surface area contributed by atoms with Gasteiger partial charge >= 0.3 is 5.97 Å². The summed E-state index contributed by atoms with van der Waals surface area (Å²) < 4.78 is 11.1. The van der Waals surface area contributed by atoms with E-state index in [4.69, 9.17) is 9.47 Å². The minimum Gasteiger partial charge on any atom is -0.504 e. The first kappa shape index (κ1) is 31.2. The van der Waals surface area contributed by atoms with E-state index in [9.17, 15) is 9.90 Å². The highest BCUT2D eigenvalue weighted by atomic mass is 16.5. The molecule has 0 heterocycles. The molecule has 9 atom stereocenters. The molecule has 3 saturated carbocycles. The van der Waals surface area contributed by atoms with E-state index in [1.165, 1.54) is 58.1 Å². The summed E-state index contributed by atoms with van der Waals surface area (Å²) in [5.41, 5.74) is 3.09. The molecular formula is C38H56O4. The van der Waals surface area contributed by atoms with E-state index in [-0.39, 0.29) is 23.2 Å². The quantitative estimate of drug-likeness (QED) is 0.181. The van der Waals surface area contributed by atoms with Gasteiger partial charge in [0.1, 0.15) is 6.10 Å². The Labute approximate surface area is 255 Å². The van der Waals surface area contributed by atoms with Crippen molar-refractivity contribution in [3.05, 3.63) is 41.5 Å². The molecule has 0 spiro atoms. The van der Waals surface area contributed by atoms with Crippen molar-refractivity contribution in [2.24, 2.45) is 52.3 Å². The van der Waals surface area contributed by atoms with Crippen LogP contribution >= 0.6 is 0 Å². The van der Waals surface area contributed by atoms with Crippen LogP contribution in [0.5, 0.6) is 11.5 Å². The van der Waals surface area contributed by atoms with Crippen molar-refractivity contribution in [1.29, 1.82) is 0 Å². The Hall–Kier alpha value is -2.23. The van der Waals surface area contributed by atoms with Gasteiger partial charge < -0.3 is 14.6 Å². The Bertz CT molecular complexity index is 1180. The summed E-state index contributed by atoms with van der Waals surface area (Å²) in [4.78, 5) is 12.7. The van der Waals surface area contributed by atoms with Crippen LogP contribution in [0.2, 0.25) is 0 Å². The van der Waals surface area contributed by atoms with E-state index >= 15 is 0 Å². The highest BCUT2D eigenvalue weighted by molar-refractivity contribution is 5.87. The highest BCUT2D eigenvalue weighted by Gasteiger charge is 2.59. The van der Waals surface area contributed by atoms with Gasteiger partial charge in [-0.05, 0) is 121 Å². The van der Waals surface area contributed by atoms with E-state index in [2.05, 4.69) is 47.6 Å². The lowest BCUT2D eigenvalue weighted by Gasteiger charge is -2.58. The van der Waals surface area contributed by atoms with Crippen molar-refractivity contribution in [3.8, 4) is 11.5 Å². The number of benzene rings is 1. The van der Waals surface area contributed by atoms with Gasteiger partial charge in [0.05, 0.1) is 7.11 Å². The largest absolute Gasteiger partial charge is 0.504 e. The summed E-state index contributed by atoms with van der Waals surface area (Å²) in [6, 6.07) is 5.04. The lowest BCUT2D eigenvalue weighted by atomic mass is 9.47. The number of fused-ring (bicyclic) bond motifs is 5. The minimum atomic E-state index is -0.299. The Balaban J connectivity index is 1.21. The molecule has 5 rings (SSSR count). The fourth-order valence-electron chi connectivity index (χ4n) is 9.93. The third-order valence-corrected chi connectivity index (χ3v) is 12.9. The average molecular weight is 577 g/mol. The molecule has 0 unspecified atom stereocenters. The summed E-state index contributed by atoms with van der Waals surface area (Å²) in [5, 5.41) is 9.81. The lowest BCUT2D eigenvalue weighted by Crippen LogP contribution is -2.51. The zero-order valence-corrected chi connectivity index (χ0v) is 27.3. The second-order valence-corrected chi connectivity index (χ2v) is 15.3.